The molecule has 0 fully saturated rings. The highest BCUT2D eigenvalue weighted by Crippen LogP contribution is 2.30. The van der Waals surface area contributed by atoms with Crippen LogP contribution in [0.4, 0.5) is 5.69 Å². The number of halogens is 2. The second-order valence-electron chi connectivity index (χ2n) is 5.65. The Labute approximate surface area is 166 Å². The van der Waals surface area contributed by atoms with E-state index in [9.17, 15) is 9.59 Å². The van der Waals surface area contributed by atoms with E-state index >= 15 is 0 Å². The Morgan fingerprint density at radius 2 is 2.04 bits per heavy atom. The van der Waals surface area contributed by atoms with Crippen molar-refractivity contribution in [2.45, 2.75) is 31.8 Å². The molecule has 6 nitrogen and oxygen atoms in total. The van der Waals surface area contributed by atoms with E-state index in [-0.39, 0.29) is 5.75 Å². The number of hydrogen-bond acceptors (Lipinski definition) is 5. The lowest BCUT2D eigenvalue weighted by Gasteiger charge is -2.14. The number of benzene rings is 1. The van der Waals surface area contributed by atoms with Gasteiger partial charge in [0.1, 0.15) is 0 Å². The van der Waals surface area contributed by atoms with Gasteiger partial charge in [-0.05, 0) is 39.0 Å². The molecule has 0 saturated carbocycles. The van der Waals surface area contributed by atoms with Gasteiger partial charge in [-0.25, -0.2) is 0 Å². The summed E-state index contributed by atoms with van der Waals surface area (Å²) in [5, 5.41) is 8.01. The molecule has 1 amide bonds. The van der Waals surface area contributed by atoms with Gasteiger partial charge in [-0.15, -0.1) is 11.8 Å². The summed E-state index contributed by atoms with van der Waals surface area (Å²) in [6.45, 7) is 5.16. The van der Waals surface area contributed by atoms with Crippen LogP contribution in [0, 0.1) is 13.8 Å². The van der Waals surface area contributed by atoms with Gasteiger partial charge in [0.2, 0.25) is 0 Å². The zero-order valence-electron chi connectivity index (χ0n) is 14.8. The smallest absolute Gasteiger partial charge is 0.317 e. The molecule has 9 heteroatoms. The maximum Gasteiger partial charge on any atom is 0.317 e. The van der Waals surface area contributed by atoms with Crippen LogP contribution >= 0.6 is 35.0 Å². The van der Waals surface area contributed by atoms with Crippen molar-refractivity contribution in [3.8, 4) is 0 Å². The van der Waals surface area contributed by atoms with E-state index in [1.54, 1.807) is 36.9 Å². The molecule has 0 radical (unpaired) electrons. The first kappa shape index (κ1) is 20.6. The highest BCUT2D eigenvalue weighted by atomic mass is 35.5. The Balaban J connectivity index is 1.90. The van der Waals surface area contributed by atoms with Gasteiger partial charge in [0.05, 0.1) is 27.9 Å². The van der Waals surface area contributed by atoms with Crippen LogP contribution in [0.3, 0.4) is 0 Å². The van der Waals surface area contributed by atoms with Crippen molar-refractivity contribution in [3.05, 3.63) is 39.6 Å². The van der Waals surface area contributed by atoms with Crippen LogP contribution in [0.1, 0.15) is 18.3 Å². The predicted octanol–water partition coefficient (Wildman–Crippen LogP) is 4.01. The lowest BCUT2D eigenvalue weighted by atomic mass is 10.3. The number of thioether (sulfide) groups is 1. The number of rotatable bonds is 6. The van der Waals surface area contributed by atoms with Crippen molar-refractivity contribution in [1.82, 2.24) is 9.78 Å². The summed E-state index contributed by atoms with van der Waals surface area (Å²) in [5.74, 6) is -0.917. The fourth-order valence-electron chi connectivity index (χ4n) is 2.19. The van der Waals surface area contributed by atoms with Gasteiger partial charge >= 0.3 is 5.97 Å². The largest absolute Gasteiger partial charge is 0.452 e. The number of aromatic nitrogens is 2. The molecule has 1 atom stereocenters. The van der Waals surface area contributed by atoms with E-state index in [0.717, 1.165) is 5.69 Å². The Morgan fingerprint density at radius 3 is 2.65 bits per heavy atom. The summed E-state index contributed by atoms with van der Waals surface area (Å²) >= 11 is 13.2. The highest BCUT2D eigenvalue weighted by Gasteiger charge is 2.21. The standard InChI is InChI=1S/C17H19Cl2N3O3S/c1-9-16(10(2)22(4)21-9)20-17(24)11(3)25-15(23)8-26-14-7-12(18)5-6-13(14)19/h5-7,11H,8H2,1-4H3,(H,20,24)/t11-/m0/s1. The number of nitrogens with one attached hydrogen (secondary N) is 1. The van der Waals surface area contributed by atoms with E-state index in [0.29, 0.717) is 26.3 Å². The van der Waals surface area contributed by atoms with Gasteiger partial charge in [0.15, 0.2) is 6.10 Å². The topological polar surface area (TPSA) is 73.2 Å². The number of aryl methyl sites for hydroxylation is 2. The van der Waals surface area contributed by atoms with Gasteiger partial charge in [-0.1, -0.05) is 23.2 Å². The van der Waals surface area contributed by atoms with Gasteiger partial charge in [-0.3, -0.25) is 14.3 Å². The monoisotopic (exact) mass is 415 g/mol. The Hall–Kier alpha value is -1.70. The molecule has 140 valence electrons. The number of nitrogens with zero attached hydrogens (tertiary/aromatic N) is 2. The normalized spacial score (nSPS) is 11.9. The Bertz CT molecular complexity index is 839. The molecule has 2 aromatic rings. The van der Waals surface area contributed by atoms with Crippen LogP contribution in [0.25, 0.3) is 0 Å². The first-order valence-electron chi connectivity index (χ1n) is 7.77. The molecule has 1 aromatic carbocycles. The molecule has 0 bridgehead atoms. The summed E-state index contributed by atoms with van der Waals surface area (Å²) in [6, 6.07) is 5.00. The van der Waals surface area contributed by atoms with Gasteiger partial charge in [-0.2, -0.15) is 5.10 Å². The lowest BCUT2D eigenvalue weighted by Crippen LogP contribution is -2.30. The quantitative estimate of drug-likeness (QED) is 0.569. The van der Waals surface area contributed by atoms with Crippen molar-refractivity contribution in [1.29, 1.82) is 0 Å². The fourth-order valence-corrected chi connectivity index (χ4v) is 3.46. The molecule has 1 aromatic heterocycles. The molecule has 2 rings (SSSR count). The summed E-state index contributed by atoms with van der Waals surface area (Å²) in [7, 11) is 1.79. The number of carbonyl (C=O) groups is 2. The molecule has 0 aliphatic heterocycles. The number of anilines is 1. The third-order valence-electron chi connectivity index (χ3n) is 3.67. The number of ether oxygens (including phenoxy) is 1. The van der Waals surface area contributed by atoms with Crippen molar-refractivity contribution >= 4 is 52.5 Å². The maximum absolute atomic E-state index is 12.3. The third kappa shape index (κ3) is 5.16. The average Bonchev–Trinajstić information content (AvgIpc) is 2.81. The van der Waals surface area contributed by atoms with Gasteiger partial charge < -0.3 is 10.1 Å². The van der Waals surface area contributed by atoms with Gasteiger partial charge in [0, 0.05) is 17.0 Å². The zero-order chi connectivity index (χ0) is 19.4. The SMILES string of the molecule is Cc1nn(C)c(C)c1NC(=O)[C@H](C)OC(=O)CSc1cc(Cl)ccc1Cl. The second-order valence-corrected chi connectivity index (χ2v) is 7.51. The highest BCUT2D eigenvalue weighted by molar-refractivity contribution is 8.00. The zero-order valence-corrected chi connectivity index (χ0v) is 17.1. The van der Waals surface area contributed by atoms with Gasteiger partial charge in [0.25, 0.3) is 5.91 Å². The minimum atomic E-state index is -0.933. The molecule has 26 heavy (non-hydrogen) atoms. The average molecular weight is 416 g/mol. The van der Waals surface area contributed by atoms with Crippen LogP contribution in [0.2, 0.25) is 10.0 Å². The number of hydrogen-bond donors (Lipinski definition) is 1. The summed E-state index contributed by atoms with van der Waals surface area (Å²) < 4.78 is 6.86. The van der Waals surface area contributed by atoms with Crippen LogP contribution < -0.4 is 5.32 Å². The van der Waals surface area contributed by atoms with E-state index in [2.05, 4.69) is 10.4 Å². The Morgan fingerprint density at radius 1 is 1.35 bits per heavy atom. The number of amides is 1. The lowest BCUT2D eigenvalue weighted by molar-refractivity contribution is -0.150. The predicted molar refractivity (Wildman–Crippen MR) is 104 cm³/mol. The molecule has 1 heterocycles. The van der Waals surface area contributed by atoms with Crippen LogP contribution in [-0.4, -0.2) is 33.5 Å². The van der Waals surface area contributed by atoms with E-state index < -0.39 is 18.0 Å². The molecule has 0 saturated heterocycles. The molecular weight excluding hydrogens is 397 g/mol. The first-order chi connectivity index (χ1) is 12.2. The van der Waals surface area contributed by atoms with Crippen molar-refractivity contribution in [2.75, 3.05) is 11.1 Å². The van der Waals surface area contributed by atoms with Crippen LogP contribution in [0.15, 0.2) is 23.1 Å². The molecule has 1 N–H and O–H groups in total. The van der Waals surface area contributed by atoms with E-state index in [4.69, 9.17) is 27.9 Å². The Kier molecular flexibility index (Phi) is 6.97. The summed E-state index contributed by atoms with van der Waals surface area (Å²) in [5.41, 5.74) is 2.14. The van der Waals surface area contributed by atoms with Crippen LogP contribution in [-0.2, 0) is 21.4 Å². The van der Waals surface area contributed by atoms with Crippen molar-refractivity contribution < 1.29 is 14.3 Å². The van der Waals surface area contributed by atoms with E-state index in [1.165, 1.54) is 18.7 Å². The maximum atomic E-state index is 12.3. The molecule has 0 aliphatic rings. The second kappa shape index (κ2) is 8.79. The summed E-state index contributed by atoms with van der Waals surface area (Å²) in [6.07, 6.45) is -0.933. The van der Waals surface area contributed by atoms with Crippen LogP contribution in [0.5, 0.6) is 0 Å². The number of esters is 1. The van der Waals surface area contributed by atoms with E-state index in [1.807, 2.05) is 6.92 Å². The number of carbonyl (C=O) groups excluding carboxylic acids is 2. The summed E-state index contributed by atoms with van der Waals surface area (Å²) in [4.78, 5) is 24.9. The molecule has 0 spiro atoms. The third-order valence-corrected chi connectivity index (χ3v) is 5.38. The van der Waals surface area contributed by atoms with Crippen molar-refractivity contribution in [3.63, 3.8) is 0 Å². The minimum absolute atomic E-state index is 0.0165. The molecule has 0 aliphatic carbocycles. The molecular formula is C17H19Cl2N3O3S. The first-order valence-corrected chi connectivity index (χ1v) is 9.51. The minimum Gasteiger partial charge on any atom is -0.452 e. The molecule has 0 unspecified atom stereocenters. The van der Waals surface area contributed by atoms with Crippen molar-refractivity contribution in [2.24, 2.45) is 7.05 Å². The fraction of sp³-hybridized carbons (Fsp3) is 0.353.